The zero-order chi connectivity index (χ0) is 20.5. The van der Waals surface area contributed by atoms with Gasteiger partial charge in [-0.25, -0.2) is 0 Å². The maximum absolute atomic E-state index is 12.4. The van der Waals surface area contributed by atoms with Gasteiger partial charge in [-0.2, -0.15) is 0 Å². The smallest absolute Gasteiger partial charge is 0.255 e. The average molecular weight is 390 g/mol. The Morgan fingerprint density at radius 1 is 0.828 bits per heavy atom. The molecule has 3 rings (SSSR count). The molecule has 0 bridgehead atoms. The molecule has 2 N–H and O–H groups in total. The Balaban J connectivity index is 1.52. The molecule has 3 aromatic rings. The highest BCUT2D eigenvalue weighted by Gasteiger charge is 2.07. The Hall–Kier alpha value is -3.15. The molecule has 0 unspecified atom stereocenters. The van der Waals surface area contributed by atoms with E-state index in [9.17, 15) is 4.79 Å². The number of anilines is 1. The Morgan fingerprint density at radius 3 is 2.21 bits per heavy atom. The number of rotatable bonds is 9. The summed E-state index contributed by atoms with van der Waals surface area (Å²) >= 11 is 0. The van der Waals surface area contributed by atoms with Crippen LogP contribution in [0.15, 0.2) is 72.8 Å². The highest BCUT2D eigenvalue weighted by atomic mass is 16.5. The summed E-state index contributed by atoms with van der Waals surface area (Å²) in [5, 5.41) is 6.38. The first kappa shape index (κ1) is 20.6. The molecule has 0 aliphatic rings. The molecule has 5 heteroatoms. The van der Waals surface area contributed by atoms with Crippen molar-refractivity contribution in [3.8, 4) is 5.75 Å². The highest BCUT2D eigenvalue weighted by Crippen LogP contribution is 2.15. The van der Waals surface area contributed by atoms with Crippen LogP contribution < -0.4 is 15.4 Å². The van der Waals surface area contributed by atoms with Gasteiger partial charge in [0.25, 0.3) is 5.91 Å². The molecule has 29 heavy (non-hydrogen) atoms. The van der Waals surface area contributed by atoms with Crippen molar-refractivity contribution in [3.63, 3.8) is 0 Å². The van der Waals surface area contributed by atoms with E-state index in [0.717, 1.165) is 29.1 Å². The predicted molar refractivity (Wildman–Crippen MR) is 115 cm³/mol. The molecule has 0 saturated heterocycles. The van der Waals surface area contributed by atoms with Crippen LogP contribution in [0.4, 0.5) is 5.69 Å². The minimum atomic E-state index is -0.145. The number of amides is 1. The van der Waals surface area contributed by atoms with Gasteiger partial charge in [-0.15, -0.1) is 0 Å². The molecule has 0 fully saturated rings. The van der Waals surface area contributed by atoms with Crippen LogP contribution in [0.25, 0.3) is 0 Å². The molecule has 150 valence electrons. The largest absolute Gasteiger partial charge is 0.497 e. The maximum atomic E-state index is 12.4. The van der Waals surface area contributed by atoms with E-state index < -0.39 is 0 Å². The SMILES string of the molecule is COCc1ccc(CNCc2cccc(NC(=O)c3ccc(OC)cc3)c2)cc1. The van der Waals surface area contributed by atoms with Crippen LogP contribution in [-0.2, 0) is 24.4 Å². The minimum Gasteiger partial charge on any atom is -0.497 e. The predicted octanol–water partition coefficient (Wildman–Crippen LogP) is 4.38. The van der Waals surface area contributed by atoms with E-state index in [1.54, 1.807) is 38.5 Å². The van der Waals surface area contributed by atoms with Crippen molar-refractivity contribution in [1.82, 2.24) is 5.32 Å². The molecule has 0 radical (unpaired) electrons. The first-order valence-corrected chi connectivity index (χ1v) is 9.50. The standard InChI is InChI=1S/C24H26N2O3/c1-28-17-19-8-6-18(7-9-19)15-25-16-20-4-3-5-22(14-20)26-24(27)21-10-12-23(29-2)13-11-21/h3-14,25H,15-17H2,1-2H3,(H,26,27). The molecule has 1 amide bonds. The quantitative estimate of drug-likeness (QED) is 0.569. The lowest BCUT2D eigenvalue weighted by Gasteiger charge is -2.09. The fourth-order valence-electron chi connectivity index (χ4n) is 2.98. The van der Waals surface area contributed by atoms with Gasteiger partial charge in [0.2, 0.25) is 0 Å². The van der Waals surface area contributed by atoms with Crippen LogP contribution in [0.5, 0.6) is 5.75 Å². The molecule has 0 saturated carbocycles. The van der Waals surface area contributed by atoms with E-state index in [2.05, 4.69) is 34.9 Å². The number of carbonyl (C=O) groups is 1. The Labute approximate surface area is 171 Å². The van der Waals surface area contributed by atoms with Crippen molar-refractivity contribution in [3.05, 3.63) is 95.1 Å². The summed E-state index contributed by atoms with van der Waals surface area (Å²) in [4.78, 5) is 12.4. The van der Waals surface area contributed by atoms with Crippen LogP contribution in [0, 0.1) is 0 Å². The van der Waals surface area contributed by atoms with Gasteiger partial charge < -0.3 is 20.1 Å². The number of ether oxygens (including phenoxy) is 2. The van der Waals surface area contributed by atoms with Crippen LogP contribution in [-0.4, -0.2) is 20.1 Å². The van der Waals surface area contributed by atoms with Gasteiger partial charge in [-0.1, -0.05) is 36.4 Å². The summed E-state index contributed by atoms with van der Waals surface area (Å²) in [6, 6.07) is 23.3. The number of hydrogen-bond donors (Lipinski definition) is 2. The van der Waals surface area contributed by atoms with Crippen molar-refractivity contribution < 1.29 is 14.3 Å². The minimum absolute atomic E-state index is 0.145. The third-order valence-electron chi connectivity index (χ3n) is 4.53. The highest BCUT2D eigenvalue weighted by molar-refractivity contribution is 6.04. The van der Waals surface area contributed by atoms with E-state index in [4.69, 9.17) is 9.47 Å². The molecule has 0 spiro atoms. The number of nitrogens with one attached hydrogen (secondary N) is 2. The summed E-state index contributed by atoms with van der Waals surface area (Å²) in [7, 11) is 3.30. The third-order valence-corrected chi connectivity index (χ3v) is 4.53. The van der Waals surface area contributed by atoms with Crippen LogP contribution in [0.2, 0.25) is 0 Å². The van der Waals surface area contributed by atoms with Gasteiger partial charge in [-0.05, 0) is 53.1 Å². The van der Waals surface area contributed by atoms with Crippen molar-refractivity contribution >= 4 is 11.6 Å². The van der Waals surface area contributed by atoms with Gasteiger partial charge in [0, 0.05) is 31.5 Å². The van der Waals surface area contributed by atoms with E-state index in [1.807, 2.05) is 24.3 Å². The first-order chi connectivity index (χ1) is 14.2. The summed E-state index contributed by atoms with van der Waals surface area (Å²) in [6.45, 7) is 2.12. The van der Waals surface area contributed by atoms with Crippen LogP contribution >= 0.6 is 0 Å². The number of methoxy groups -OCH3 is 2. The van der Waals surface area contributed by atoms with Gasteiger partial charge >= 0.3 is 0 Å². The Kier molecular flexibility index (Phi) is 7.39. The normalized spacial score (nSPS) is 10.6. The molecule has 0 atom stereocenters. The number of hydrogen-bond acceptors (Lipinski definition) is 4. The molecule has 3 aromatic carbocycles. The van der Waals surface area contributed by atoms with Gasteiger partial charge in [0.1, 0.15) is 5.75 Å². The summed E-state index contributed by atoms with van der Waals surface area (Å²) in [6.07, 6.45) is 0. The summed E-state index contributed by atoms with van der Waals surface area (Å²) < 4.78 is 10.3. The molecular formula is C24H26N2O3. The van der Waals surface area contributed by atoms with E-state index >= 15 is 0 Å². The number of benzene rings is 3. The Bertz CT molecular complexity index is 922. The lowest BCUT2D eigenvalue weighted by atomic mass is 10.1. The first-order valence-electron chi connectivity index (χ1n) is 9.50. The number of carbonyl (C=O) groups excluding carboxylic acids is 1. The fourth-order valence-corrected chi connectivity index (χ4v) is 2.98. The summed E-state index contributed by atoms with van der Waals surface area (Å²) in [5.41, 5.74) is 4.85. The van der Waals surface area contributed by atoms with Crippen molar-refractivity contribution in [2.45, 2.75) is 19.7 Å². The Morgan fingerprint density at radius 2 is 1.52 bits per heavy atom. The molecule has 0 aliphatic carbocycles. The topological polar surface area (TPSA) is 59.6 Å². The second kappa shape index (κ2) is 10.4. The van der Waals surface area contributed by atoms with Crippen LogP contribution in [0.1, 0.15) is 27.0 Å². The fraction of sp³-hybridized carbons (Fsp3) is 0.208. The lowest BCUT2D eigenvalue weighted by Crippen LogP contribution is -2.14. The average Bonchev–Trinajstić information content (AvgIpc) is 2.75. The molecule has 0 aromatic heterocycles. The van der Waals surface area contributed by atoms with E-state index in [-0.39, 0.29) is 5.91 Å². The third kappa shape index (κ3) is 6.17. The van der Waals surface area contributed by atoms with E-state index in [1.165, 1.54) is 5.56 Å². The molecule has 5 nitrogen and oxygen atoms in total. The van der Waals surface area contributed by atoms with Gasteiger partial charge in [0.15, 0.2) is 0 Å². The molecular weight excluding hydrogens is 364 g/mol. The van der Waals surface area contributed by atoms with Crippen LogP contribution in [0.3, 0.4) is 0 Å². The summed E-state index contributed by atoms with van der Waals surface area (Å²) in [5.74, 6) is 0.580. The van der Waals surface area contributed by atoms with Gasteiger partial charge in [-0.3, -0.25) is 4.79 Å². The maximum Gasteiger partial charge on any atom is 0.255 e. The zero-order valence-electron chi connectivity index (χ0n) is 16.8. The lowest BCUT2D eigenvalue weighted by molar-refractivity contribution is 0.102. The monoisotopic (exact) mass is 390 g/mol. The van der Waals surface area contributed by atoms with Crippen molar-refractivity contribution in [2.24, 2.45) is 0 Å². The molecule has 0 heterocycles. The van der Waals surface area contributed by atoms with E-state index in [0.29, 0.717) is 18.7 Å². The van der Waals surface area contributed by atoms with Crippen molar-refractivity contribution in [1.29, 1.82) is 0 Å². The second-order valence-electron chi connectivity index (χ2n) is 6.74. The second-order valence-corrected chi connectivity index (χ2v) is 6.74. The van der Waals surface area contributed by atoms with Gasteiger partial charge in [0.05, 0.1) is 13.7 Å². The van der Waals surface area contributed by atoms with Crippen molar-refractivity contribution in [2.75, 3.05) is 19.5 Å². The zero-order valence-corrected chi connectivity index (χ0v) is 16.8. The molecule has 0 aliphatic heterocycles.